The Morgan fingerprint density at radius 2 is 1.62 bits per heavy atom. The highest BCUT2D eigenvalue weighted by Crippen LogP contribution is 2.17. The van der Waals surface area contributed by atoms with Crippen molar-refractivity contribution in [2.24, 2.45) is 0 Å². The molecule has 0 aliphatic rings. The van der Waals surface area contributed by atoms with Crippen molar-refractivity contribution in [3.8, 4) is 11.5 Å². The molecule has 6 nitrogen and oxygen atoms in total. The zero-order valence-electron chi connectivity index (χ0n) is 13.7. The standard InChI is InChI=1S/C18H20N2O4/c1-23-15-9-7-14(8-10-15)20-18(22)11-17(21)19-12-13-5-3-4-6-16(13)24-2/h3-10H,11-12H2,1-2H3,(H,19,21)(H,20,22). The Morgan fingerprint density at radius 1 is 0.917 bits per heavy atom. The second-order valence-corrected chi connectivity index (χ2v) is 5.04. The van der Waals surface area contributed by atoms with Crippen LogP contribution in [-0.4, -0.2) is 26.0 Å². The maximum atomic E-state index is 11.9. The van der Waals surface area contributed by atoms with Gasteiger partial charge in [0.2, 0.25) is 11.8 Å². The average molecular weight is 328 g/mol. The molecule has 0 bridgehead atoms. The van der Waals surface area contributed by atoms with Crippen LogP contribution < -0.4 is 20.1 Å². The molecule has 0 aliphatic heterocycles. The van der Waals surface area contributed by atoms with Gasteiger partial charge in [-0.25, -0.2) is 0 Å². The normalized spacial score (nSPS) is 9.92. The third-order valence-corrected chi connectivity index (χ3v) is 3.36. The number of hydrogen-bond donors (Lipinski definition) is 2. The van der Waals surface area contributed by atoms with E-state index in [1.807, 2.05) is 24.3 Å². The van der Waals surface area contributed by atoms with Gasteiger partial charge >= 0.3 is 0 Å². The first-order valence-corrected chi connectivity index (χ1v) is 7.45. The lowest BCUT2D eigenvalue weighted by Gasteiger charge is -2.10. The molecule has 0 heterocycles. The number of nitrogens with one attached hydrogen (secondary N) is 2. The molecule has 0 unspecified atom stereocenters. The predicted octanol–water partition coefficient (Wildman–Crippen LogP) is 2.35. The molecule has 126 valence electrons. The van der Waals surface area contributed by atoms with E-state index in [0.29, 0.717) is 23.7 Å². The van der Waals surface area contributed by atoms with Gasteiger partial charge < -0.3 is 20.1 Å². The average Bonchev–Trinajstić information content (AvgIpc) is 2.60. The Morgan fingerprint density at radius 3 is 2.29 bits per heavy atom. The van der Waals surface area contributed by atoms with Crippen molar-refractivity contribution < 1.29 is 19.1 Å². The first kappa shape index (κ1) is 17.3. The monoisotopic (exact) mass is 328 g/mol. The minimum atomic E-state index is -0.377. The molecule has 0 aromatic heterocycles. The lowest BCUT2D eigenvalue weighted by atomic mass is 10.2. The summed E-state index contributed by atoms with van der Waals surface area (Å²) in [6, 6.07) is 14.3. The number of para-hydroxylation sites is 1. The topological polar surface area (TPSA) is 76.7 Å². The van der Waals surface area contributed by atoms with Gasteiger partial charge in [0, 0.05) is 17.8 Å². The van der Waals surface area contributed by atoms with Crippen molar-refractivity contribution >= 4 is 17.5 Å². The number of anilines is 1. The summed E-state index contributed by atoms with van der Waals surface area (Å²) >= 11 is 0. The van der Waals surface area contributed by atoms with E-state index in [1.54, 1.807) is 38.5 Å². The minimum Gasteiger partial charge on any atom is -0.497 e. The van der Waals surface area contributed by atoms with Crippen LogP contribution in [-0.2, 0) is 16.1 Å². The molecule has 2 aromatic rings. The van der Waals surface area contributed by atoms with Crippen LogP contribution in [0.25, 0.3) is 0 Å². The van der Waals surface area contributed by atoms with Crippen LogP contribution in [0.2, 0.25) is 0 Å². The van der Waals surface area contributed by atoms with Gasteiger partial charge in [-0.15, -0.1) is 0 Å². The fraction of sp³-hybridized carbons (Fsp3) is 0.222. The van der Waals surface area contributed by atoms with E-state index >= 15 is 0 Å². The number of amides is 2. The number of rotatable bonds is 7. The number of benzene rings is 2. The van der Waals surface area contributed by atoms with Crippen LogP contribution in [0.5, 0.6) is 11.5 Å². The second kappa shape index (κ2) is 8.57. The van der Waals surface area contributed by atoms with Crippen molar-refractivity contribution in [2.75, 3.05) is 19.5 Å². The van der Waals surface area contributed by atoms with Gasteiger partial charge in [-0.1, -0.05) is 18.2 Å². The van der Waals surface area contributed by atoms with Crippen LogP contribution in [0.1, 0.15) is 12.0 Å². The van der Waals surface area contributed by atoms with Gasteiger partial charge in [0.25, 0.3) is 0 Å². The summed E-state index contributed by atoms with van der Waals surface area (Å²) in [4.78, 5) is 23.8. The van der Waals surface area contributed by atoms with Crippen molar-refractivity contribution in [1.82, 2.24) is 5.32 Å². The van der Waals surface area contributed by atoms with E-state index < -0.39 is 0 Å². The highest BCUT2D eigenvalue weighted by atomic mass is 16.5. The zero-order chi connectivity index (χ0) is 17.4. The maximum absolute atomic E-state index is 11.9. The van der Waals surface area contributed by atoms with Gasteiger partial charge in [-0.05, 0) is 30.3 Å². The summed E-state index contributed by atoms with van der Waals surface area (Å²) in [5.74, 6) is 0.660. The molecule has 0 radical (unpaired) electrons. The number of carbonyl (C=O) groups excluding carboxylic acids is 2. The molecular formula is C18H20N2O4. The van der Waals surface area contributed by atoms with E-state index in [-0.39, 0.29) is 18.2 Å². The Hall–Kier alpha value is -3.02. The Bertz CT molecular complexity index is 698. The van der Waals surface area contributed by atoms with E-state index in [4.69, 9.17) is 9.47 Å². The summed E-state index contributed by atoms with van der Waals surface area (Å²) in [5, 5.41) is 5.37. The van der Waals surface area contributed by atoms with Crippen LogP contribution in [0.15, 0.2) is 48.5 Å². The first-order valence-electron chi connectivity index (χ1n) is 7.45. The molecule has 0 fully saturated rings. The number of carbonyl (C=O) groups is 2. The van der Waals surface area contributed by atoms with Crippen LogP contribution in [0, 0.1) is 0 Å². The summed E-state index contributed by atoms with van der Waals surface area (Å²) < 4.78 is 10.3. The van der Waals surface area contributed by atoms with Crippen molar-refractivity contribution in [1.29, 1.82) is 0 Å². The molecule has 24 heavy (non-hydrogen) atoms. The van der Waals surface area contributed by atoms with Crippen LogP contribution in [0.4, 0.5) is 5.69 Å². The molecule has 2 aromatic carbocycles. The molecule has 6 heteroatoms. The highest BCUT2D eigenvalue weighted by molar-refractivity contribution is 6.03. The van der Waals surface area contributed by atoms with E-state index in [2.05, 4.69) is 10.6 Å². The molecule has 2 N–H and O–H groups in total. The number of ether oxygens (including phenoxy) is 2. The van der Waals surface area contributed by atoms with Crippen LogP contribution in [0.3, 0.4) is 0 Å². The summed E-state index contributed by atoms with van der Waals surface area (Å²) in [6.07, 6.45) is -0.249. The zero-order valence-corrected chi connectivity index (χ0v) is 13.7. The van der Waals surface area contributed by atoms with Crippen LogP contribution >= 0.6 is 0 Å². The van der Waals surface area contributed by atoms with Crippen molar-refractivity contribution in [3.63, 3.8) is 0 Å². The SMILES string of the molecule is COc1ccc(NC(=O)CC(=O)NCc2ccccc2OC)cc1. The molecule has 2 amide bonds. The van der Waals surface area contributed by atoms with E-state index in [9.17, 15) is 9.59 Å². The van der Waals surface area contributed by atoms with Gasteiger partial charge in [0.15, 0.2) is 0 Å². The quantitative estimate of drug-likeness (QED) is 0.765. The third-order valence-electron chi connectivity index (χ3n) is 3.36. The predicted molar refractivity (Wildman–Crippen MR) is 91.1 cm³/mol. The highest BCUT2D eigenvalue weighted by Gasteiger charge is 2.10. The number of methoxy groups -OCH3 is 2. The molecule has 0 spiro atoms. The fourth-order valence-corrected chi connectivity index (χ4v) is 2.13. The molecule has 0 saturated heterocycles. The molecule has 0 saturated carbocycles. The van der Waals surface area contributed by atoms with E-state index in [0.717, 1.165) is 5.56 Å². The molecule has 0 aliphatic carbocycles. The van der Waals surface area contributed by atoms with Gasteiger partial charge in [0.1, 0.15) is 17.9 Å². The van der Waals surface area contributed by atoms with Crippen molar-refractivity contribution in [3.05, 3.63) is 54.1 Å². The van der Waals surface area contributed by atoms with Gasteiger partial charge in [-0.2, -0.15) is 0 Å². The summed E-state index contributed by atoms with van der Waals surface area (Å²) in [6.45, 7) is 0.304. The lowest BCUT2D eigenvalue weighted by molar-refractivity contribution is -0.126. The Kier molecular flexibility index (Phi) is 6.19. The maximum Gasteiger partial charge on any atom is 0.233 e. The van der Waals surface area contributed by atoms with Gasteiger partial charge in [0.05, 0.1) is 14.2 Å². The Balaban J connectivity index is 1.81. The summed E-state index contributed by atoms with van der Waals surface area (Å²) in [5.41, 5.74) is 1.46. The van der Waals surface area contributed by atoms with Crippen molar-refractivity contribution in [2.45, 2.75) is 13.0 Å². The second-order valence-electron chi connectivity index (χ2n) is 5.04. The minimum absolute atomic E-state index is 0.249. The molecule has 2 rings (SSSR count). The molecular weight excluding hydrogens is 308 g/mol. The third kappa shape index (κ3) is 5.01. The summed E-state index contributed by atoms with van der Waals surface area (Å²) in [7, 11) is 3.14. The first-order chi connectivity index (χ1) is 11.6. The smallest absolute Gasteiger partial charge is 0.233 e. The lowest BCUT2D eigenvalue weighted by Crippen LogP contribution is -2.27. The number of hydrogen-bond acceptors (Lipinski definition) is 4. The van der Waals surface area contributed by atoms with E-state index in [1.165, 1.54) is 0 Å². The Labute approximate surface area is 140 Å². The fourth-order valence-electron chi connectivity index (χ4n) is 2.13. The van der Waals surface area contributed by atoms with Gasteiger partial charge in [-0.3, -0.25) is 9.59 Å². The largest absolute Gasteiger partial charge is 0.497 e. The molecule has 0 atom stereocenters.